The number of para-hydroxylation sites is 1. The van der Waals surface area contributed by atoms with Gasteiger partial charge >= 0.3 is 0 Å². The number of rotatable bonds is 6. The van der Waals surface area contributed by atoms with Crippen LogP contribution in [0.2, 0.25) is 0 Å². The maximum atomic E-state index is 5.64. The Balaban J connectivity index is 2.77. The summed E-state index contributed by atoms with van der Waals surface area (Å²) in [5.74, 6) is 0.732. The van der Waals surface area contributed by atoms with E-state index in [-0.39, 0.29) is 0 Å². The minimum absolute atomic E-state index is 0.716. The molecule has 1 atom stereocenters. The van der Waals surface area contributed by atoms with Gasteiger partial charge in [-0.25, -0.2) is 0 Å². The highest BCUT2D eigenvalue weighted by atomic mass is 15.1. The summed E-state index contributed by atoms with van der Waals surface area (Å²) >= 11 is 0. The highest BCUT2D eigenvalue weighted by Gasteiger charge is 2.08. The Morgan fingerprint density at radius 1 is 1.31 bits per heavy atom. The Kier molecular flexibility index (Phi) is 5.33. The van der Waals surface area contributed by atoms with E-state index in [1.807, 2.05) is 0 Å². The summed E-state index contributed by atoms with van der Waals surface area (Å²) < 4.78 is 0. The summed E-state index contributed by atoms with van der Waals surface area (Å²) in [6.45, 7) is 6.36. The smallest absolute Gasteiger partial charge is 0.0396 e. The van der Waals surface area contributed by atoms with Gasteiger partial charge in [0.05, 0.1) is 0 Å². The van der Waals surface area contributed by atoms with E-state index in [0.717, 1.165) is 18.9 Å². The Labute approximate surface area is 99.5 Å². The fraction of sp³-hybridized carbons (Fsp3) is 0.571. The maximum absolute atomic E-state index is 5.64. The fourth-order valence-corrected chi connectivity index (χ4v) is 1.95. The van der Waals surface area contributed by atoms with Crippen LogP contribution in [-0.4, -0.2) is 20.1 Å². The van der Waals surface area contributed by atoms with Gasteiger partial charge in [-0.1, -0.05) is 38.5 Å². The Bertz CT molecular complexity index is 309. The van der Waals surface area contributed by atoms with Crippen LogP contribution in [0.5, 0.6) is 0 Å². The molecule has 0 aliphatic heterocycles. The van der Waals surface area contributed by atoms with Crippen LogP contribution in [0, 0.1) is 5.92 Å². The first-order chi connectivity index (χ1) is 7.69. The van der Waals surface area contributed by atoms with E-state index in [9.17, 15) is 0 Å². The quantitative estimate of drug-likeness (QED) is 0.798. The van der Waals surface area contributed by atoms with Crippen LogP contribution in [0.15, 0.2) is 24.3 Å². The second kappa shape index (κ2) is 6.54. The predicted octanol–water partition coefficient (Wildman–Crippen LogP) is 2.67. The van der Waals surface area contributed by atoms with E-state index in [0.29, 0.717) is 6.54 Å². The van der Waals surface area contributed by atoms with Crippen LogP contribution in [-0.2, 0) is 6.42 Å². The third-order valence-corrected chi connectivity index (χ3v) is 3.10. The molecule has 1 aromatic carbocycles. The molecule has 0 fully saturated rings. The van der Waals surface area contributed by atoms with Gasteiger partial charge in [-0.15, -0.1) is 0 Å². The molecular formula is C14H24N2. The van der Waals surface area contributed by atoms with Gasteiger partial charge in [0.1, 0.15) is 0 Å². The lowest BCUT2D eigenvalue weighted by Gasteiger charge is -2.25. The molecule has 1 unspecified atom stereocenters. The monoisotopic (exact) mass is 220 g/mol. The highest BCUT2D eigenvalue weighted by Crippen LogP contribution is 2.20. The van der Waals surface area contributed by atoms with Crippen molar-refractivity contribution < 1.29 is 0 Å². The van der Waals surface area contributed by atoms with Crippen molar-refractivity contribution in [3.05, 3.63) is 29.8 Å². The number of benzene rings is 1. The number of hydrogen-bond acceptors (Lipinski definition) is 2. The van der Waals surface area contributed by atoms with Gasteiger partial charge in [0, 0.05) is 19.3 Å². The largest absolute Gasteiger partial charge is 0.374 e. The molecule has 0 aliphatic rings. The fourth-order valence-electron chi connectivity index (χ4n) is 1.95. The summed E-state index contributed by atoms with van der Waals surface area (Å²) in [6, 6.07) is 8.55. The Morgan fingerprint density at radius 3 is 2.62 bits per heavy atom. The minimum atomic E-state index is 0.716. The molecule has 90 valence electrons. The van der Waals surface area contributed by atoms with E-state index in [1.165, 1.54) is 17.7 Å². The molecule has 2 nitrogen and oxygen atoms in total. The Morgan fingerprint density at radius 2 is 2.00 bits per heavy atom. The van der Waals surface area contributed by atoms with Crippen molar-refractivity contribution in [2.24, 2.45) is 11.7 Å². The molecule has 0 spiro atoms. The van der Waals surface area contributed by atoms with Gasteiger partial charge in [0.15, 0.2) is 0 Å². The summed E-state index contributed by atoms with van der Waals surface area (Å²) in [6.07, 6.45) is 2.18. The SMILES string of the molecule is CCC(C)CN(C)c1ccccc1CCN. The molecule has 0 aliphatic carbocycles. The normalized spacial score (nSPS) is 12.5. The summed E-state index contributed by atoms with van der Waals surface area (Å²) in [5.41, 5.74) is 8.32. The van der Waals surface area contributed by atoms with E-state index < -0.39 is 0 Å². The van der Waals surface area contributed by atoms with Crippen LogP contribution in [0.1, 0.15) is 25.8 Å². The molecule has 1 rings (SSSR count). The summed E-state index contributed by atoms with van der Waals surface area (Å²) in [7, 11) is 2.17. The first-order valence-corrected chi connectivity index (χ1v) is 6.18. The van der Waals surface area contributed by atoms with Crippen molar-refractivity contribution in [3.8, 4) is 0 Å². The molecule has 2 N–H and O–H groups in total. The lowest BCUT2D eigenvalue weighted by atomic mass is 10.1. The van der Waals surface area contributed by atoms with Gasteiger partial charge in [-0.05, 0) is 30.5 Å². The van der Waals surface area contributed by atoms with Crippen molar-refractivity contribution in [1.29, 1.82) is 0 Å². The maximum Gasteiger partial charge on any atom is 0.0396 e. The molecule has 0 saturated carbocycles. The van der Waals surface area contributed by atoms with Gasteiger partial charge in [-0.2, -0.15) is 0 Å². The second-order valence-electron chi connectivity index (χ2n) is 4.56. The zero-order valence-corrected chi connectivity index (χ0v) is 10.7. The van der Waals surface area contributed by atoms with Crippen LogP contribution in [0.25, 0.3) is 0 Å². The van der Waals surface area contributed by atoms with E-state index >= 15 is 0 Å². The average molecular weight is 220 g/mol. The zero-order valence-electron chi connectivity index (χ0n) is 10.7. The molecule has 0 saturated heterocycles. The average Bonchev–Trinajstić information content (AvgIpc) is 2.30. The topological polar surface area (TPSA) is 29.3 Å². The van der Waals surface area contributed by atoms with Gasteiger partial charge < -0.3 is 10.6 Å². The third-order valence-electron chi connectivity index (χ3n) is 3.10. The number of anilines is 1. The lowest BCUT2D eigenvalue weighted by Crippen LogP contribution is -2.25. The zero-order chi connectivity index (χ0) is 12.0. The number of nitrogens with two attached hydrogens (primary N) is 1. The van der Waals surface area contributed by atoms with Crippen molar-refractivity contribution in [3.63, 3.8) is 0 Å². The van der Waals surface area contributed by atoms with Crippen LogP contribution >= 0.6 is 0 Å². The minimum Gasteiger partial charge on any atom is -0.374 e. The molecule has 0 radical (unpaired) electrons. The van der Waals surface area contributed by atoms with Crippen molar-refractivity contribution in [2.75, 3.05) is 25.0 Å². The first kappa shape index (κ1) is 13.0. The molecule has 0 heterocycles. The van der Waals surface area contributed by atoms with Crippen molar-refractivity contribution in [1.82, 2.24) is 0 Å². The molecular weight excluding hydrogens is 196 g/mol. The Hall–Kier alpha value is -1.02. The first-order valence-electron chi connectivity index (χ1n) is 6.18. The van der Waals surface area contributed by atoms with Gasteiger partial charge in [-0.3, -0.25) is 0 Å². The van der Waals surface area contributed by atoms with E-state index in [2.05, 4.69) is 50.1 Å². The molecule has 0 bridgehead atoms. The van der Waals surface area contributed by atoms with Crippen LogP contribution < -0.4 is 10.6 Å². The number of nitrogens with zero attached hydrogens (tertiary/aromatic N) is 1. The standard InChI is InChI=1S/C14H24N2/c1-4-12(2)11-16(3)14-8-6-5-7-13(14)9-10-15/h5-8,12H,4,9-11,15H2,1-3H3. The summed E-state index contributed by atoms with van der Waals surface area (Å²) in [4.78, 5) is 2.35. The third kappa shape index (κ3) is 3.53. The molecule has 1 aromatic rings. The van der Waals surface area contributed by atoms with Crippen molar-refractivity contribution >= 4 is 5.69 Å². The van der Waals surface area contributed by atoms with Crippen LogP contribution in [0.4, 0.5) is 5.69 Å². The molecule has 2 heteroatoms. The predicted molar refractivity (Wildman–Crippen MR) is 71.9 cm³/mol. The molecule has 0 amide bonds. The van der Waals surface area contributed by atoms with Gasteiger partial charge in [0.25, 0.3) is 0 Å². The van der Waals surface area contributed by atoms with E-state index in [1.54, 1.807) is 0 Å². The number of hydrogen-bond donors (Lipinski definition) is 1. The lowest BCUT2D eigenvalue weighted by molar-refractivity contribution is 0.559. The second-order valence-corrected chi connectivity index (χ2v) is 4.56. The summed E-state index contributed by atoms with van der Waals surface area (Å²) in [5, 5.41) is 0. The van der Waals surface area contributed by atoms with Crippen LogP contribution in [0.3, 0.4) is 0 Å². The van der Waals surface area contributed by atoms with Gasteiger partial charge in [0.2, 0.25) is 0 Å². The van der Waals surface area contributed by atoms with Crippen molar-refractivity contribution in [2.45, 2.75) is 26.7 Å². The highest BCUT2D eigenvalue weighted by molar-refractivity contribution is 5.53. The molecule has 16 heavy (non-hydrogen) atoms. The molecule has 0 aromatic heterocycles. The van der Waals surface area contributed by atoms with E-state index in [4.69, 9.17) is 5.73 Å².